The van der Waals surface area contributed by atoms with E-state index in [4.69, 9.17) is 19.7 Å². The Hall–Kier alpha value is -1.97. The fourth-order valence-electron chi connectivity index (χ4n) is 2.94. The highest BCUT2D eigenvalue weighted by atomic mass is 32.2. The zero-order valence-corrected chi connectivity index (χ0v) is 15.2. The smallest absolute Gasteiger partial charge is 0.444 e. The molecule has 6 nitrogen and oxygen atoms in total. The highest BCUT2D eigenvalue weighted by molar-refractivity contribution is 8.00. The molecule has 0 bridgehead atoms. The molecule has 1 aliphatic heterocycles. The summed E-state index contributed by atoms with van der Waals surface area (Å²) in [6, 6.07) is 3.82. The van der Waals surface area contributed by atoms with Gasteiger partial charge in [0, 0.05) is 24.4 Å². The Morgan fingerprint density at radius 2 is 1.96 bits per heavy atom. The first-order chi connectivity index (χ1) is 12.9. The second-order valence-electron chi connectivity index (χ2n) is 6.36. The van der Waals surface area contributed by atoms with Crippen LogP contribution in [0.1, 0.15) is 5.76 Å². The van der Waals surface area contributed by atoms with Crippen molar-refractivity contribution >= 4 is 28.4 Å². The van der Waals surface area contributed by atoms with Crippen molar-refractivity contribution in [2.24, 2.45) is 0 Å². The van der Waals surface area contributed by atoms with Gasteiger partial charge in [0.25, 0.3) is 0 Å². The van der Waals surface area contributed by atoms with Crippen LogP contribution < -0.4 is 5.32 Å². The quantitative estimate of drug-likeness (QED) is 0.262. The Morgan fingerprint density at radius 1 is 1.25 bits per heavy atom. The maximum atomic E-state index is 14.1. The third-order valence-electron chi connectivity index (χ3n) is 4.00. The lowest BCUT2D eigenvalue weighted by Gasteiger charge is -2.16. The molecule has 2 atom stereocenters. The van der Waals surface area contributed by atoms with Crippen LogP contribution in [0.4, 0.5) is 23.2 Å². The van der Waals surface area contributed by atoms with E-state index in [1.54, 1.807) is 17.9 Å². The highest BCUT2D eigenvalue weighted by Gasteiger charge is 2.35. The number of aliphatic hydroxyl groups is 3. The number of anilines is 1. The molecular formula is C17H16F4N2O4S. The molecule has 1 fully saturated rings. The molecule has 2 aromatic rings. The van der Waals surface area contributed by atoms with Crippen molar-refractivity contribution in [1.29, 1.82) is 0 Å². The van der Waals surface area contributed by atoms with E-state index in [0.29, 0.717) is 6.54 Å². The van der Waals surface area contributed by atoms with Crippen LogP contribution in [0.3, 0.4) is 0 Å². The van der Waals surface area contributed by atoms with Crippen LogP contribution in [0.25, 0.3) is 11.0 Å². The van der Waals surface area contributed by atoms with Gasteiger partial charge in [-0.25, -0.2) is 4.39 Å². The Labute approximate surface area is 161 Å². The van der Waals surface area contributed by atoms with Gasteiger partial charge < -0.3 is 30.0 Å². The fourth-order valence-corrected chi connectivity index (χ4v) is 3.62. The summed E-state index contributed by atoms with van der Waals surface area (Å²) in [6.07, 6.45) is -1.17. The van der Waals surface area contributed by atoms with Gasteiger partial charge in [-0.3, -0.25) is 0 Å². The zero-order chi connectivity index (χ0) is 20.7. The summed E-state index contributed by atoms with van der Waals surface area (Å²) < 4.78 is 58.4. The average Bonchev–Trinajstić information content (AvgIpc) is 3.04. The minimum absolute atomic E-state index is 0.0136. The third-order valence-corrected chi connectivity index (χ3v) is 4.84. The van der Waals surface area contributed by atoms with Crippen LogP contribution in [0.15, 0.2) is 27.5 Å². The number of nitrogens with one attached hydrogen (secondary N) is 1. The second-order valence-corrected chi connectivity index (χ2v) is 7.44. The van der Waals surface area contributed by atoms with Crippen molar-refractivity contribution in [2.75, 3.05) is 25.5 Å². The zero-order valence-electron chi connectivity index (χ0n) is 14.4. The molecule has 1 aromatic heterocycles. The summed E-state index contributed by atoms with van der Waals surface area (Å²) in [5, 5.41) is 29.7. The second kappa shape index (κ2) is 7.46. The van der Waals surface area contributed by atoms with Crippen molar-refractivity contribution in [3.63, 3.8) is 0 Å². The summed E-state index contributed by atoms with van der Waals surface area (Å²) in [5.74, 6) is -0.309. The Balaban J connectivity index is 2.06. The number of alkyl halides is 4. The lowest BCUT2D eigenvalue weighted by Crippen LogP contribution is -2.29. The highest BCUT2D eigenvalue weighted by Crippen LogP contribution is 2.45. The molecule has 0 aliphatic carbocycles. The Kier molecular flexibility index (Phi) is 5.53. The van der Waals surface area contributed by atoms with Gasteiger partial charge in [-0.2, -0.15) is 13.2 Å². The van der Waals surface area contributed by atoms with E-state index in [9.17, 15) is 17.6 Å². The van der Waals surface area contributed by atoms with E-state index in [0.717, 1.165) is 0 Å². The Bertz CT molecular complexity index is 929. The topological polar surface area (TPSA) is 89.1 Å². The number of thioether (sulfide) groups is 1. The first kappa shape index (κ1) is 20.8. The summed E-state index contributed by atoms with van der Waals surface area (Å²) >= 11 is -0.485. The van der Waals surface area contributed by atoms with Gasteiger partial charge in [0.1, 0.15) is 6.17 Å². The lowest BCUT2D eigenvalue weighted by molar-refractivity contribution is -0.265. The number of nitrogens with zero attached hydrogens (tertiary/aromatic N) is 1. The van der Waals surface area contributed by atoms with Crippen molar-refractivity contribution in [1.82, 2.24) is 4.90 Å². The number of likely N-dealkylation sites (N-methyl/N-ethyl adjacent to an activating group) is 1. The molecule has 0 amide bonds. The predicted octanol–water partition coefficient (Wildman–Crippen LogP) is 2.09. The van der Waals surface area contributed by atoms with Crippen molar-refractivity contribution < 1.29 is 37.3 Å². The molecular weight excluding hydrogens is 404 g/mol. The Morgan fingerprint density at radius 3 is 2.54 bits per heavy atom. The molecule has 1 aliphatic rings. The lowest BCUT2D eigenvalue weighted by atomic mass is 10.2. The molecule has 0 saturated carbocycles. The van der Waals surface area contributed by atoms with Gasteiger partial charge in [0.2, 0.25) is 0 Å². The van der Waals surface area contributed by atoms with E-state index < -0.39 is 46.1 Å². The monoisotopic (exact) mass is 420 g/mol. The van der Waals surface area contributed by atoms with Gasteiger partial charge in [-0.1, -0.05) is 6.07 Å². The van der Waals surface area contributed by atoms with Gasteiger partial charge in [0.15, 0.2) is 11.3 Å². The van der Waals surface area contributed by atoms with E-state index >= 15 is 0 Å². The molecule has 0 spiro atoms. The maximum Gasteiger partial charge on any atom is 0.446 e. The van der Waals surface area contributed by atoms with Gasteiger partial charge in [-0.05, 0) is 36.9 Å². The van der Waals surface area contributed by atoms with E-state index in [1.165, 1.54) is 18.2 Å². The van der Waals surface area contributed by atoms with Crippen LogP contribution in [-0.2, 0) is 0 Å². The van der Waals surface area contributed by atoms with E-state index in [-0.39, 0.29) is 23.2 Å². The third kappa shape index (κ3) is 4.89. The van der Waals surface area contributed by atoms with Crippen LogP contribution >= 0.6 is 11.8 Å². The summed E-state index contributed by atoms with van der Waals surface area (Å²) in [7, 11) is 1.75. The van der Waals surface area contributed by atoms with Crippen LogP contribution in [0.2, 0.25) is 0 Å². The molecule has 4 N–H and O–H groups in total. The molecule has 1 saturated heterocycles. The fraction of sp³-hybridized carbons (Fsp3) is 0.412. The molecule has 3 rings (SSSR count). The van der Waals surface area contributed by atoms with Gasteiger partial charge >= 0.3 is 11.5 Å². The molecule has 2 unspecified atom stereocenters. The van der Waals surface area contributed by atoms with Crippen molar-refractivity contribution in [3.8, 4) is 11.8 Å². The number of para-hydroxylation sites is 1. The standard InChI is InChI=1S/C17H16F4N2O4S/c1-23-7-10(18)12(8-23)22-11-4-2-3-9-14(11)27-13(5-6-16(24,25)26)15(9)28-17(19,20)21/h2-4,10,12,22,24-26H,7-8H2,1H3. The first-order valence-electron chi connectivity index (χ1n) is 8.03. The van der Waals surface area contributed by atoms with Crippen LogP contribution in [0.5, 0.6) is 0 Å². The van der Waals surface area contributed by atoms with Gasteiger partial charge in [-0.15, -0.1) is 0 Å². The summed E-state index contributed by atoms with van der Waals surface area (Å²) in [6.45, 7) is 0.625. The summed E-state index contributed by atoms with van der Waals surface area (Å²) in [4.78, 5) is 1.37. The first-order valence-corrected chi connectivity index (χ1v) is 8.85. The number of halogens is 4. The minimum atomic E-state index is -4.66. The van der Waals surface area contributed by atoms with Crippen molar-refractivity contribution in [2.45, 2.75) is 28.6 Å². The maximum absolute atomic E-state index is 14.1. The number of rotatable bonds is 3. The number of furan rings is 1. The number of likely N-dealkylation sites (tertiary alicyclic amines) is 1. The normalized spacial score (nSPS) is 21.0. The average molecular weight is 420 g/mol. The van der Waals surface area contributed by atoms with Crippen molar-refractivity contribution in [3.05, 3.63) is 24.0 Å². The van der Waals surface area contributed by atoms with Crippen LogP contribution in [0, 0.1) is 11.8 Å². The number of hydrogen-bond donors (Lipinski definition) is 4. The number of hydrogen-bond acceptors (Lipinski definition) is 7. The molecule has 152 valence electrons. The molecule has 28 heavy (non-hydrogen) atoms. The number of benzene rings is 1. The number of fused-ring (bicyclic) bond motifs is 1. The van der Waals surface area contributed by atoms with Gasteiger partial charge in [0.05, 0.1) is 16.6 Å². The molecule has 11 heteroatoms. The molecule has 2 heterocycles. The van der Waals surface area contributed by atoms with E-state index in [2.05, 4.69) is 5.32 Å². The molecule has 0 radical (unpaired) electrons. The largest absolute Gasteiger partial charge is 0.446 e. The minimum Gasteiger partial charge on any atom is -0.444 e. The SMILES string of the molecule is CN1CC(F)C(Nc2cccc3c(SC(F)(F)F)c(C#CC(O)(O)O)oc23)C1. The summed E-state index contributed by atoms with van der Waals surface area (Å²) in [5.41, 5.74) is -4.37. The van der Waals surface area contributed by atoms with E-state index in [1.807, 2.05) is 5.92 Å². The molecule has 1 aromatic carbocycles. The van der Waals surface area contributed by atoms with Crippen LogP contribution in [-0.4, -0.2) is 64.1 Å². The predicted molar refractivity (Wildman–Crippen MR) is 94.2 cm³/mol.